The number of aromatic carboxylic acids is 3. The van der Waals surface area contributed by atoms with Gasteiger partial charge in [-0.2, -0.15) is 13.2 Å². The second-order valence-electron chi connectivity index (χ2n) is 19.0. The number of carboxylic acids is 3. The number of rotatable bonds is 10. The second-order valence-corrected chi connectivity index (χ2v) is 19.4. The maximum Gasteiger partial charge on any atom is 0.417 e. The van der Waals surface area contributed by atoms with Crippen molar-refractivity contribution in [3.05, 3.63) is 209 Å². The lowest BCUT2D eigenvalue weighted by molar-refractivity contribution is -0.137. The lowest BCUT2D eigenvalue weighted by atomic mass is 10.1. The Bertz CT molecular complexity index is 4510. The van der Waals surface area contributed by atoms with E-state index >= 15 is 0 Å². The molecule has 1 aliphatic carbocycles. The molecule has 7 heterocycles. The minimum absolute atomic E-state index is 0.0463. The van der Waals surface area contributed by atoms with Crippen molar-refractivity contribution in [3.8, 4) is 0 Å². The molecule has 20 heteroatoms. The van der Waals surface area contributed by atoms with Crippen LogP contribution in [0.25, 0.3) is 65.0 Å². The molecule has 0 amide bonds. The average Bonchev–Trinajstić information content (AvgIpc) is 4.44. The SMILES string of the molecule is Cc1cccc(Nc2nc3cc(C(=O)O)ccc3c3cnccc23)c1.O=C(O)c1ccc2c(c1)nc(Nc1ccc(Cl)c(C(F)(F)F)c1)c1ccncc12.O=C(O)c1ccc2c(c1)nc(Nc1cncc(C3CC3)c1)c1ccncc12. The summed E-state index contributed by atoms with van der Waals surface area (Å²) >= 11 is 5.68. The van der Waals surface area contributed by atoms with E-state index in [-0.39, 0.29) is 28.2 Å². The summed E-state index contributed by atoms with van der Waals surface area (Å²) in [6.45, 7) is 2.03. The number of carbonyl (C=O) groups is 3. The van der Waals surface area contributed by atoms with E-state index in [1.54, 1.807) is 85.7 Å². The predicted octanol–water partition coefficient (Wildman–Crippen LogP) is 14.9. The van der Waals surface area contributed by atoms with Crippen molar-refractivity contribution in [3.63, 3.8) is 0 Å². The van der Waals surface area contributed by atoms with Crippen LogP contribution in [-0.4, -0.2) is 68.1 Å². The largest absolute Gasteiger partial charge is 0.478 e. The Kier molecular flexibility index (Phi) is 14.2. The maximum atomic E-state index is 13.2. The molecule has 16 nitrogen and oxygen atoms in total. The monoisotopic (exact) mass is 1100 g/mol. The third kappa shape index (κ3) is 11.3. The smallest absolute Gasteiger partial charge is 0.417 e. The molecule has 0 aliphatic heterocycles. The minimum Gasteiger partial charge on any atom is -0.478 e. The fourth-order valence-electron chi connectivity index (χ4n) is 9.35. The van der Waals surface area contributed by atoms with Gasteiger partial charge in [-0.05, 0) is 128 Å². The molecule has 0 bridgehead atoms. The number of benzene rings is 5. The van der Waals surface area contributed by atoms with Crippen LogP contribution < -0.4 is 16.0 Å². The van der Waals surface area contributed by atoms with E-state index < -0.39 is 34.7 Å². The normalized spacial score (nSPS) is 12.2. The molecule has 5 aromatic carbocycles. The number of hydrogen-bond donors (Lipinski definition) is 6. The number of alkyl halides is 3. The third-order valence-electron chi connectivity index (χ3n) is 13.4. The summed E-state index contributed by atoms with van der Waals surface area (Å²) in [6, 6.07) is 33.5. The van der Waals surface area contributed by atoms with Crippen molar-refractivity contribution in [1.82, 2.24) is 34.9 Å². The van der Waals surface area contributed by atoms with Crippen LogP contribution in [-0.2, 0) is 6.18 Å². The quantitative estimate of drug-likeness (QED) is 0.0698. The van der Waals surface area contributed by atoms with Crippen molar-refractivity contribution < 1.29 is 42.9 Å². The molecule has 0 unspecified atom stereocenters. The van der Waals surface area contributed by atoms with Gasteiger partial charge in [0.2, 0.25) is 0 Å². The molecule has 7 aromatic heterocycles. The number of pyridine rings is 7. The molecule has 0 saturated heterocycles. The number of nitrogens with one attached hydrogen (secondary N) is 3. The van der Waals surface area contributed by atoms with Gasteiger partial charge in [-0.25, -0.2) is 29.3 Å². The first kappa shape index (κ1) is 52.6. The summed E-state index contributed by atoms with van der Waals surface area (Å²) in [5.41, 5.74) is 5.43. The van der Waals surface area contributed by atoms with Gasteiger partial charge >= 0.3 is 24.1 Å². The molecule has 1 fully saturated rings. The average molecular weight is 1100 g/mol. The van der Waals surface area contributed by atoms with E-state index in [0.717, 1.165) is 61.4 Å². The van der Waals surface area contributed by atoms with E-state index in [0.29, 0.717) is 50.3 Å². The summed E-state index contributed by atoms with van der Waals surface area (Å²) in [6.07, 6.45) is 11.7. The predicted molar refractivity (Wildman–Crippen MR) is 306 cm³/mol. The van der Waals surface area contributed by atoms with E-state index in [2.05, 4.69) is 51.9 Å². The van der Waals surface area contributed by atoms with Gasteiger partial charge in [0.1, 0.15) is 17.5 Å². The van der Waals surface area contributed by atoms with Crippen molar-refractivity contribution in [2.75, 3.05) is 16.0 Å². The number of anilines is 6. The Labute approximate surface area is 462 Å². The third-order valence-corrected chi connectivity index (χ3v) is 13.7. The van der Waals surface area contributed by atoms with E-state index in [1.807, 2.05) is 49.5 Å². The molecule has 0 radical (unpaired) electrons. The fraction of sp³-hybridized carbons (Fsp3) is 0.0820. The highest BCUT2D eigenvalue weighted by Crippen LogP contribution is 2.42. The molecule has 1 saturated carbocycles. The Morgan fingerprint density at radius 2 is 0.926 bits per heavy atom. The minimum atomic E-state index is -4.60. The van der Waals surface area contributed by atoms with Crippen LogP contribution in [0.4, 0.5) is 47.7 Å². The van der Waals surface area contributed by atoms with Gasteiger partial charge in [0.25, 0.3) is 0 Å². The van der Waals surface area contributed by atoms with Crippen molar-refractivity contribution in [1.29, 1.82) is 0 Å². The number of hydrogen-bond acceptors (Lipinski definition) is 13. The first-order valence-electron chi connectivity index (χ1n) is 25.0. The van der Waals surface area contributed by atoms with Gasteiger partial charge in [-0.15, -0.1) is 0 Å². The lowest BCUT2D eigenvalue weighted by Crippen LogP contribution is -2.07. The Balaban J connectivity index is 0.000000128. The van der Waals surface area contributed by atoms with Gasteiger partial charge in [0.05, 0.1) is 55.7 Å². The van der Waals surface area contributed by atoms with Crippen LogP contribution in [0.1, 0.15) is 66.5 Å². The standard InChI is InChI=1S/C21H16N4O2.C20H11ClF3N3O2.C20H15N3O2/c26-21(27)13-3-4-16-18-11-22-6-5-17(18)20(25-19(16)8-13)24-15-7-14(9-23-10-15)12-1-2-12;21-16-4-2-11(8-15(16)20(22,23)24)26-18-13-5-6-25-9-14(13)12-3-1-10(19(28)29)7-17(12)27-18;1-12-3-2-4-14(9-12)22-19-16-7-8-21-11-17(16)15-6-5-13(20(24)25)10-18(15)23-19/h3-12H,1-2H2,(H,24,25)(H,26,27);1-9H,(H,26,27)(H,28,29);2-11H,1H3,(H,22,23)(H,24,25). The maximum absolute atomic E-state index is 13.2. The molecule has 12 aromatic rings. The summed E-state index contributed by atoms with van der Waals surface area (Å²) in [4.78, 5) is 64.5. The Morgan fingerprint density at radius 3 is 1.35 bits per heavy atom. The summed E-state index contributed by atoms with van der Waals surface area (Å²) < 4.78 is 39.5. The molecule has 1 aliphatic rings. The molecule has 13 rings (SSSR count). The van der Waals surface area contributed by atoms with Crippen LogP contribution in [0.5, 0.6) is 0 Å². The summed E-state index contributed by atoms with van der Waals surface area (Å²) in [5.74, 6) is -0.822. The Hall–Kier alpha value is -10.4. The first-order valence-corrected chi connectivity index (χ1v) is 25.3. The zero-order valence-corrected chi connectivity index (χ0v) is 43.1. The molecule has 6 N–H and O–H groups in total. The Morgan fingerprint density at radius 1 is 0.481 bits per heavy atom. The van der Waals surface area contributed by atoms with Crippen molar-refractivity contribution >= 4 is 129 Å². The zero-order valence-electron chi connectivity index (χ0n) is 42.4. The highest BCUT2D eigenvalue weighted by molar-refractivity contribution is 6.31. The molecule has 400 valence electrons. The zero-order chi connectivity index (χ0) is 56.5. The molecule has 0 spiro atoms. The van der Waals surface area contributed by atoms with E-state index in [9.17, 15) is 42.9 Å². The van der Waals surface area contributed by atoms with Crippen LogP contribution in [0.2, 0.25) is 5.02 Å². The number of halogens is 4. The number of fused-ring (bicyclic) bond motifs is 9. The van der Waals surface area contributed by atoms with Crippen LogP contribution in [0.15, 0.2) is 171 Å². The highest BCUT2D eigenvalue weighted by Gasteiger charge is 2.33. The molecule has 0 atom stereocenters. The van der Waals surface area contributed by atoms with E-state index in [1.165, 1.54) is 42.8 Å². The van der Waals surface area contributed by atoms with E-state index in [4.69, 9.17) is 16.6 Å². The fourth-order valence-corrected chi connectivity index (χ4v) is 9.57. The van der Waals surface area contributed by atoms with Gasteiger partial charge < -0.3 is 31.3 Å². The van der Waals surface area contributed by atoms with Crippen molar-refractivity contribution in [2.24, 2.45) is 0 Å². The van der Waals surface area contributed by atoms with Gasteiger partial charge in [-0.3, -0.25) is 19.9 Å². The summed E-state index contributed by atoms with van der Waals surface area (Å²) in [5, 5.41) is 44.4. The van der Waals surface area contributed by atoms with Gasteiger partial charge in [0.15, 0.2) is 0 Å². The highest BCUT2D eigenvalue weighted by atomic mass is 35.5. The number of nitrogens with zero attached hydrogens (tertiary/aromatic N) is 7. The second kappa shape index (κ2) is 21.8. The lowest BCUT2D eigenvalue weighted by Gasteiger charge is -2.14. The van der Waals surface area contributed by atoms with Crippen molar-refractivity contribution in [2.45, 2.75) is 31.9 Å². The number of carboxylic acid groups (broad SMARTS) is 3. The molecular weight excluding hydrogens is 1060 g/mol. The molecule has 81 heavy (non-hydrogen) atoms. The number of aryl methyl sites for hydroxylation is 1. The van der Waals surface area contributed by atoms with Crippen LogP contribution >= 0.6 is 11.6 Å². The summed E-state index contributed by atoms with van der Waals surface area (Å²) in [7, 11) is 0. The van der Waals surface area contributed by atoms with Crippen LogP contribution in [0, 0.1) is 6.92 Å². The van der Waals surface area contributed by atoms with Gasteiger partial charge in [-0.1, -0.05) is 41.9 Å². The van der Waals surface area contributed by atoms with Gasteiger partial charge in [0, 0.05) is 103 Å². The van der Waals surface area contributed by atoms with Crippen LogP contribution in [0.3, 0.4) is 0 Å². The molecular formula is C61H42ClF3N10O6. The topological polar surface area (TPSA) is 238 Å². The number of aromatic nitrogens is 7. The first-order chi connectivity index (χ1) is 39.0.